The topological polar surface area (TPSA) is 49.0 Å². The molecule has 0 bridgehead atoms. The third kappa shape index (κ3) is 3.38. The van der Waals surface area contributed by atoms with Crippen LogP contribution in [-0.4, -0.2) is 27.5 Å². The molecule has 8 heteroatoms. The lowest BCUT2D eigenvalue weighted by Crippen LogP contribution is -2.37. The van der Waals surface area contributed by atoms with Crippen LogP contribution in [0.3, 0.4) is 0 Å². The smallest absolute Gasteiger partial charge is 0.334 e. The van der Waals surface area contributed by atoms with E-state index in [1.807, 2.05) is 6.07 Å². The summed E-state index contributed by atoms with van der Waals surface area (Å²) < 4.78 is 39.9. The fourth-order valence-corrected chi connectivity index (χ4v) is 3.62. The third-order valence-corrected chi connectivity index (χ3v) is 5.02. The van der Waals surface area contributed by atoms with Gasteiger partial charge in [-0.25, -0.2) is 0 Å². The van der Waals surface area contributed by atoms with E-state index in [2.05, 4.69) is 10.2 Å². The van der Waals surface area contributed by atoms with Crippen LogP contribution in [0.5, 0.6) is 0 Å². The minimum atomic E-state index is -4.59. The Morgan fingerprint density at radius 1 is 1.14 bits per heavy atom. The number of halogens is 4. The number of alkyl halides is 3. The molecule has 0 saturated carbocycles. The molecular weight excluding hydrogens is 391 g/mol. The molecule has 0 spiro atoms. The molecule has 2 heterocycles. The second-order valence-electron chi connectivity index (χ2n) is 6.56. The van der Waals surface area contributed by atoms with E-state index in [1.165, 1.54) is 23.1 Å². The molecule has 4 nitrogen and oxygen atoms in total. The molecule has 1 aromatic heterocycles. The number of hydrogen-bond acceptors (Lipinski definition) is 2. The third-order valence-electron chi connectivity index (χ3n) is 4.78. The minimum Gasteiger partial charge on any atom is -0.334 e. The fourth-order valence-electron chi connectivity index (χ4n) is 3.43. The van der Waals surface area contributed by atoms with Crippen molar-refractivity contribution in [3.8, 4) is 11.3 Å². The molecule has 0 aliphatic carbocycles. The number of aromatic nitrogens is 2. The minimum absolute atomic E-state index is 0.179. The van der Waals surface area contributed by atoms with Crippen molar-refractivity contribution in [2.75, 3.05) is 6.54 Å². The highest BCUT2D eigenvalue weighted by atomic mass is 35.5. The van der Waals surface area contributed by atoms with Gasteiger partial charge in [0.2, 0.25) is 0 Å². The van der Waals surface area contributed by atoms with E-state index in [1.54, 1.807) is 18.2 Å². The highest BCUT2D eigenvalue weighted by Gasteiger charge is 2.36. The van der Waals surface area contributed by atoms with Gasteiger partial charge >= 0.3 is 6.18 Å². The molecule has 0 fully saturated rings. The Hall–Kier alpha value is -2.80. The van der Waals surface area contributed by atoms with Crippen molar-refractivity contribution in [3.63, 3.8) is 0 Å². The number of carbonyl (C=O) groups excluding carboxylic acids is 1. The van der Waals surface area contributed by atoms with Gasteiger partial charge in [-0.15, -0.1) is 0 Å². The molecule has 0 radical (unpaired) electrons. The maximum atomic E-state index is 13.3. The zero-order valence-corrected chi connectivity index (χ0v) is 15.3. The first kappa shape index (κ1) is 18.6. The van der Waals surface area contributed by atoms with E-state index in [0.29, 0.717) is 23.7 Å². The normalized spacial score (nSPS) is 14.1. The number of hydrogen-bond donors (Lipinski definition) is 1. The van der Waals surface area contributed by atoms with Crippen LogP contribution in [-0.2, 0) is 19.1 Å². The summed E-state index contributed by atoms with van der Waals surface area (Å²) in [6.45, 7) is 0.494. The molecule has 1 aliphatic rings. The van der Waals surface area contributed by atoms with Crippen molar-refractivity contribution in [1.82, 2.24) is 15.1 Å². The van der Waals surface area contributed by atoms with Crippen molar-refractivity contribution < 1.29 is 18.0 Å². The van der Waals surface area contributed by atoms with Gasteiger partial charge in [-0.2, -0.15) is 18.3 Å². The second-order valence-corrected chi connectivity index (χ2v) is 7.00. The standard InChI is InChI=1S/C20H15ClF3N3O/c21-13-5-3-4-12(10-13)18-15-11-27(9-8-17(15)25-26-18)19(28)14-6-1-2-7-16(14)20(22,23)24/h1-7,10H,8-9,11H2,(H,25,26). The molecule has 1 aliphatic heterocycles. The first-order chi connectivity index (χ1) is 13.3. The van der Waals surface area contributed by atoms with Gasteiger partial charge in [-0.3, -0.25) is 9.89 Å². The summed E-state index contributed by atoms with van der Waals surface area (Å²) in [6.07, 6.45) is -4.10. The Kier molecular flexibility index (Phi) is 4.63. The van der Waals surface area contributed by atoms with Crippen LogP contribution in [0.15, 0.2) is 48.5 Å². The number of aromatic amines is 1. The Morgan fingerprint density at radius 3 is 2.68 bits per heavy atom. The number of fused-ring (bicyclic) bond motifs is 1. The predicted molar refractivity (Wildman–Crippen MR) is 98.9 cm³/mol. The number of nitrogens with zero attached hydrogens (tertiary/aromatic N) is 2. The van der Waals surface area contributed by atoms with Gasteiger partial charge in [-0.05, 0) is 24.3 Å². The largest absolute Gasteiger partial charge is 0.417 e. The maximum Gasteiger partial charge on any atom is 0.417 e. The van der Waals surface area contributed by atoms with Gasteiger partial charge < -0.3 is 4.90 Å². The molecule has 28 heavy (non-hydrogen) atoms. The zero-order valence-electron chi connectivity index (χ0n) is 14.6. The fraction of sp³-hybridized carbons (Fsp3) is 0.200. The molecule has 2 aromatic carbocycles. The van der Waals surface area contributed by atoms with E-state index < -0.39 is 17.6 Å². The van der Waals surface area contributed by atoms with Crippen LogP contribution in [0.25, 0.3) is 11.3 Å². The predicted octanol–water partition coefficient (Wildman–Crippen LogP) is 4.95. The van der Waals surface area contributed by atoms with Crippen molar-refractivity contribution in [3.05, 3.63) is 75.9 Å². The summed E-state index contributed by atoms with van der Waals surface area (Å²) in [6, 6.07) is 12.0. The average Bonchev–Trinajstić information content (AvgIpc) is 3.10. The summed E-state index contributed by atoms with van der Waals surface area (Å²) in [5.74, 6) is -0.642. The summed E-state index contributed by atoms with van der Waals surface area (Å²) in [4.78, 5) is 14.3. The Morgan fingerprint density at radius 2 is 1.93 bits per heavy atom. The SMILES string of the molecule is O=C(c1ccccc1C(F)(F)F)N1CCc2[nH]nc(-c3cccc(Cl)c3)c2C1. The lowest BCUT2D eigenvalue weighted by Gasteiger charge is -2.28. The van der Waals surface area contributed by atoms with E-state index in [4.69, 9.17) is 11.6 Å². The zero-order chi connectivity index (χ0) is 19.9. The quantitative estimate of drug-likeness (QED) is 0.656. The molecule has 3 aromatic rings. The van der Waals surface area contributed by atoms with Crippen LogP contribution in [0, 0.1) is 0 Å². The van der Waals surface area contributed by atoms with Crippen molar-refractivity contribution in [1.29, 1.82) is 0 Å². The number of amides is 1. The molecular formula is C20H15ClF3N3O. The lowest BCUT2D eigenvalue weighted by molar-refractivity contribution is -0.138. The highest BCUT2D eigenvalue weighted by molar-refractivity contribution is 6.30. The Balaban J connectivity index is 1.67. The van der Waals surface area contributed by atoms with Gasteiger partial charge in [0.25, 0.3) is 5.91 Å². The molecule has 0 unspecified atom stereocenters. The molecule has 0 saturated heterocycles. The highest BCUT2D eigenvalue weighted by Crippen LogP contribution is 2.34. The van der Waals surface area contributed by atoms with E-state index in [9.17, 15) is 18.0 Å². The summed E-state index contributed by atoms with van der Waals surface area (Å²) in [5, 5.41) is 7.85. The molecule has 1 N–H and O–H groups in total. The van der Waals surface area contributed by atoms with Crippen molar-refractivity contribution >= 4 is 17.5 Å². The maximum absolute atomic E-state index is 13.3. The van der Waals surface area contributed by atoms with E-state index in [0.717, 1.165) is 22.9 Å². The summed E-state index contributed by atoms with van der Waals surface area (Å²) in [5.41, 5.74) is 1.85. The number of H-pyrrole nitrogens is 1. The molecule has 144 valence electrons. The van der Waals surface area contributed by atoms with Crippen LogP contribution in [0.4, 0.5) is 13.2 Å². The van der Waals surface area contributed by atoms with Gasteiger partial charge in [0.05, 0.1) is 16.8 Å². The Labute approximate surface area is 163 Å². The van der Waals surface area contributed by atoms with Gasteiger partial charge in [-0.1, -0.05) is 35.9 Å². The lowest BCUT2D eigenvalue weighted by atomic mass is 9.99. The van der Waals surface area contributed by atoms with E-state index in [-0.39, 0.29) is 12.1 Å². The molecule has 4 rings (SSSR count). The molecule has 1 amide bonds. The van der Waals surface area contributed by atoms with Crippen LogP contribution in [0.2, 0.25) is 5.02 Å². The number of carbonyl (C=O) groups is 1. The van der Waals surface area contributed by atoms with Gasteiger partial charge in [0, 0.05) is 41.4 Å². The summed E-state index contributed by atoms with van der Waals surface area (Å²) in [7, 11) is 0. The Bertz CT molecular complexity index is 1050. The monoisotopic (exact) mass is 405 g/mol. The van der Waals surface area contributed by atoms with Gasteiger partial charge in [0.1, 0.15) is 0 Å². The molecule has 0 atom stereocenters. The average molecular weight is 406 g/mol. The van der Waals surface area contributed by atoms with Crippen molar-refractivity contribution in [2.45, 2.75) is 19.1 Å². The van der Waals surface area contributed by atoms with Crippen molar-refractivity contribution in [2.24, 2.45) is 0 Å². The van der Waals surface area contributed by atoms with Gasteiger partial charge in [0.15, 0.2) is 0 Å². The number of benzene rings is 2. The number of nitrogens with one attached hydrogen (secondary N) is 1. The van der Waals surface area contributed by atoms with Crippen LogP contribution in [0.1, 0.15) is 27.2 Å². The summed E-state index contributed by atoms with van der Waals surface area (Å²) >= 11 is 6.06. The first-order valence-corrected chi connectivity index (χ1v) is 9.00. The van der Waals surface area contributed by atoms with Crippen LogP contribution < -0.4 is 0 Å². The van der Waals surface area contributed by atoms with Crippen LogP contribution >= 0.6 is 11.6 Å². The first-order valence-electron chi connectivity index (χ1n) is 8.62. The van der Waals surface area contributed by atoms with E-state index >= 15 is 0 Å². The number of rotatable bonds is 2. The second kappa shape index (κ2) is 6.98.